The first-order valence-electron chi connectivity index (χ1n) is 20.7. The molecule has 1 aliphatic rings. The van der Waals surface area contributed by atoms with E-state index in [2.05, 4.69) is 99.4 Å². The van der Waals surface area contributed by atoms with Gasteiger partial charge in [-0.1, -0.05) is 60.7 Å². The molecule has 308 valence electrons. The SMILES string of the molecule is COc1ccc(N2c3c(cc(O)c(C)c3C)CCC2C)cc1.COc1ccc(NC(C)CCc2cc(OCc3ccccc3)c(C)c(C)c2OCc2ccccc2)cc1. The number of methoxy groups -OCH3 is 2. The van der Waals surface area contributed by atoms with E-state index in [1.54, 1.807) is 14.2 Å². The van der Waals surface area contributed by atoms with Crippen LogP contribution >= 0.6 is 0 Å². The average molecular weight is 793 g/mol. The summed E-state index contributed by atoms with van der Waals surface area (Å²) in [4.78, 5) is 2.39. The van der Waals surface area contributed by atoms with E-state index in [1.807, 2.05) is 73.7 Å². The number of phenolic OH excluding ortho intramolecular Hbond substituents is 1. The highest BCUT2D eigenvalue weighted by atomic mass is 16.5. The number of rotatable bonds is 14. The van der Waals surface area contributed by atoms with Crippen LogP contribution in [0.15, 0.2) is 121 Å². The van der Waals surface area contributed by atoms with Gasteiger partial charge in [-0.3, -0.25) is 0 Å². The number of nitrogens with zero attached hydrogens (tertiary/aromatic N) is 1. The molecule has 1 heterocycles. The minimum absolute atomic E-state index is 0.283. The van der Waals surface area contributed by atoms with Crippen LogP contribution in [0, 0.1) is 27.7 Å². The van der Waals surface area contributed by atoms with E-state index in [0.29, 0.717) is 25.0 Å². The van der Waals surface area contributed by atoms with Crippen LogP contribution in [0.5, 0.6) is 28.7 Å². The molecule has 2 unspecified atom stereocenters. The van der Waals surface area contributed by atoms with Crippen LogP contribution in [0.25, 0.3) is 0 Å². The third-order valence-electron chi connectivity index (χ3n) is 11.5. The molecule has 59 heavy (non-hydrogen) atoms. The Morgan fingerprint density at radius 2 is 1.27 bits per heavy atom. The summed E-state index contributed by atoms with van der Waals surface area (Å²) in [5, 5.41) is 13.7. The standard InChI is InChI=1S/C33H37NO3.C19H23NO2/c1-24(34-30-17-19-31(35-4)20-18-30)15-16-29-21-32(36-22-27-11-7-5-8-12-27)25(2)26(3)33(29)37-23-28-13-9-6-10-14-28;1-12-5-6-15-11-18(21)13(2)14(3)19(15)20(12)16-7-9-17(22-4)10-8-16/h5-14,17-21,24,34H,15-16,22-23H2,1-4H3;7-12,21H,5-6H2,1-4H3. The van der Waals surface area contributed by atoms with Gasteiger partial charge in [0.15, 0.2) is 0 Å². The van der Waals surface area contributed by atoms with E-state index >= 15 is 0 Å². The zero-order valence-electron chi connectivity index (χ0n) is 36.0. The third kappa shape index (κ3) is 10.7. The molecule has 0 aromatic heterocycles. The van der Waals surface area contributed by atoms with Gasteiger partial charge in [0.2, 0.25) is 0 Å². The number of nitrogens with one attached hydrogen (secondary N) is 1. The molecule has 6 aromatic carbocycles. The smallest absolute Gasteiger partial charge is 0.126 e. The van der Waals surface area contributed by atoms with Crippen LogP contribution in [0.4, 0.5) is 17.1 Å². The minimum atomic E-state index is 0.283. The van der Waals surface area contributed by atoms with Crippen LogP contribution in [0.1, 0.15) is 71.2 Å². The van der Waals surface area contributed by atoms with Crippen LogP contribution in [0.2, 0.25) is 0 Å². The van der Waals surface area contributed by atoms with E-state index in [-0.39, 0.29) is 6.04 Å². The van der Waals surface area contributed by atoms with Gasteiger partial charge >= 0.3 is 0 Å². The Kier molecular flexibility index (Phi) is 14.5. The lowest BCUT2D eigenvalue weighted by molar-refractivity contribution is 0.290. The molecule has 0 aliphatic carbocycles. The van der Waals surface area contributed by atoms with E-state index in [1.165, 1.54) is 22.5 Å². The molecule has 6 aromatic rings. The maximum absolute atomic E-state index is 10.1. The highest BCUT2D eigenvalue weighted by Crippen LogP contribution is 2.43. The number of aromatic hydroxyl groups is 1. The Labute approximate surface area is 351 Å². The maximum atomic E-state index is 10.1. The first kappa shape index (κ1) is 42.5. The van der Waals surface area contributed by atoms with Crippen molar-refractivity contribution in [2.75, 3.05) is 24.4 Å². The summed E-state index contributed by atoms with van der Waals surface area (Å²) in [6, 6.07) is 41.7. The Bertz CT molecular complexity index is 2260. The zero-order chi connectivity index (χ0) is 41.9. The Morgan fingerprint density at radius 1 is 0.695 bits per heavy atom. The highest BCUT2D eigenvalue weighted by Gasteiger charge is 2.28. The summed E-state index contributed by atoms with van der Waals surface area (Å²) in [7, 11) is 3.37. The number of anilines is 3. The first-order valence-corrected chi connectivity index (χ1v) is 20.7. The van der Waals surface area contributed by atoms with Gasteiger partial charge in [-0.15, -0.1) is 0 Å². The molecule has 0 saturated heterocycles. The summed E-state index contributed by atoms with van der Waals surface area (Å²) >= 11 is 0. The van der Waals surface area contributed by atoms with Crippen LogP contribution in [-0.4, -0.2) is 31.4 Å². The van der Waals surface area contributed by atoms with Gasteiger partial charge in [0.25, 0.3) is 0 Å². The molecule has 0 saturated carbocycles. The van der Waals surface area contributed by atoms with Crippen LogP contribution in [0.3, 0.4) is 0 Å². The predicted octanol–water partition coefficient (Wildman–Crippen LogP) is 12.4. The first-order chi connectivity index (χ1) is 28.6. The van der Waals surface area contributed by atoms with Crippen molar-refractivity contribution < 1.29 is 24.1 Å². The molecule has 0 radical (unpaired) electrons. The molecule has 7 rings (SSSR count). The summed E-state index contributed by atoms with van der Waals surface area (Å²) < 4.78 is 23.3. The van der Waals surface area contributed by atoms with Gasteiger partial charge in [-0.05, 0) is 172 Å². The van der Waals surface area contributed by atoms with Crippen molar-refractivity contribution in [3.8, 4) is 28.7 Å². The molecule has 2 atom stereocenters. The molecular formula is C52H60N2O5. The monoisotopic (exact) mass is 792 g/mol. The van der Waals surface area contributed by atoms with Crippen molar-refractivity contribution in [3.63, 3.8) is 0 Å². The zero-order valence-corrected chi connectivity index (χ0v) is 36.0. The van der Waals surface area contributed by atoms with E-state index in [4.69, 9.17) is 18.9 Å². The van der Waals surface area contributed by atoms with Gasteiger partial charge < -0.3 is 34.3 Å². The Balaban J connectivity index is 0.000000226. The van der Waals surface area contributed by atoms with Crippen LogP contribution < -0.4 is 29.2 Å². The molecule has 0 amide bonds. The molecule has 0 fully saturated rings. The molecule has 0 spiro atoms. The van der Waals surface area contributed by atoms with Crippen molar-refractivity contribution in [2.45, 2.75) is 92.5 Å². The number of benzene rings is 6. The second-order valence-electron chi connectivity index (χ2n) is 15.6. The highest BCUT2D eigenvalue weighted by molar-refractivity contribution is 5.75. The topological polar surface area (TPSA) is 72.4 Å². The third-order valence-corrected chi connectivity index (χ3v) is 11.5. The fourth-order valence-corrected chi connectivity index (χ4v) is 7.66. The van der Waals surface area contributed by atoms with Crippen molar-refractivity contribution in [3.05, 3.63) is 166 Å². The van der Waals surface area contributed by atoms with Crippen molar-refractivity contribution >= 4 is 17.1 Å². The average Bonchev–Trinajstić information content (AvgIpc) is 3.26. The number of hydrogen-bond acceptors (Lipinski definition) is 7. The number of aryl methyl sites for hydroxylation is 2. The number of phenols is 1. The second kappa shape index (κ2) is 20.1. The lowest BCUT2D eigenvalue weighted by atomic mass is 9.91. The van der Waals surface area contributed by atoms with Gasteiger partial charge in [0.1, 0.15) is 42.0 Å². The summed E-state index contributed by atoms with van der Waals surface area (Å²) in [6.07, 6.45) is 3.92. The summed E-state index contributed by atoms with van der Waals surface area (Å²) in [5.41, 5.74) is 12.6. The lowest BCUT2D eigenvalue weighted by Gasteiger charge is -2.39. The number of ether oxygens (including phenoxy) is 4. The van der Waals surface area contributed by atoms with E-state index < -0.39 is 0 Å². The van der Waals surface area contributed by atoms with E-state index in [9.17, 15) is 5.11 Å². The van der Waals surface area contributed by atoms with Crippen molar-refractivity contribution in [1.82, 2.24) is 0 Å². The van der Waals surface area contributed by atoms with Crippen LogP contribution in [-0.2, 0) is 26.1 Å². The van der Waals surface area contributed by atoms with Gasteiger partial charge in [0, 0.05) is 29.1 Å². The maximum Gasteiger partial charge on any atom is 0.126 e. The predicted molar refractivity (Wildman–Crippen MR) is 242 cm³/mol. The van der Waals surface area contributed by atoms with Gasteiger partial charge in [-0.2, -0.15) is 0 Å². The summed E-state index contributed by atoms with van der Waals surface area (Å²) in [6.45, 7) is 13.9. The Hall–Kier alpha value is -6.08. The molecule has 0 bridgehead atoms. The molecule has 1 aliphatic heterocycles. The van der Waals surface area contributed by atoms with Crippen molar-refractivity contribution in [2.24, 2.45) is 0 Å². The largest absolute Gasteiger partial charge is 0.508 e. The number of fused-ring (bicyclic) bond motifs is 1. The lowest BCUT2D eigenvalue weighted by Crippen LogP contribution is -2.34. The Morgan fingerprint density at radius 3 is 1.86 bits per heavy atom. The fourth-order valence-electron chi connectivity index (χ4n) is 7.66. The fraction of sp³-hybridized carbons (Fsp3) is 0.308. The normalized spacial score (nSPS) is 13.7. The van der Waals surface area contributed by atoms with Crippen molar-refractivity contribution in [1.29, 1.82) is 0 Å². The summed E-state index contributed by atoms with van der Waals surface area (Å²) in [5.74, 6) is 4.01. The quantitative estimate of drug-likeness (QED) is 0.114. The van der Waals surface area contributed by atoms with Gasteiger partial charge in [-0.25, -0.2) is 0 Å². The second-order valence-corrected chi connectivity index (χ2v) is 15.6. The molecule has 7 nitrogen and oxygen atoms in total. The van der Waals surface area contributed by atoms with E-state index in [0.717, 1.165) is 87.7 Å². The minimum Gasteiger partial charge on any atom is -0.508 e. The number of hydrogen-bond donors (Lipinski definition) is 2. The molecular weight excluding hydrogens is 733 g/mol. The van der Waals surface area contributed by atoms with Gasteiger partial charge in [0.05, 0.1) is 14.2 Å². The molecule has 2 N–H and O–H groups in total. The molecule has 7 heteroatoms.